The number of benzene rings is 1. The molecule has 110 valence electrons. The monoisotopic (exact) mass is 280 g/mol. The van der Waals surface area contributed by atoms with Gasteiger partial charge in [-0.2, -0.15) is 0 Å². The molecule has 1 N–H and O–H groups in total. The van der Waals surface area contributed by atoms with Gasteiger partial charge in [-0.25, -0.2) is 9.18 Å². The molecule has 1 aromatic carbocycles. The van der Waals surface area contributed by atoms with Crippen molar-refractivity contribution in [2.45, 2.75) is 32.5 Å². The molecule has 0 saturated carbocycles. The average molecular weight is 280 g/mol. The summed E-state index contributed by atoms with van der Waals surface area (Å²) < 4.78 is 13.5. The minimum Gasteiger partial charge on any atom is -0.478 e. The van der Waals surface area contributed by atoms with E-state index in [2.05, 4.69) is 30.7 Å². The van der Waals surface area contributed by atoms with Gasteiger partial charge in [0.1, 0.15) is 5.82 Å². The van der Waals surface area contributed by atoms with Gasteiger partial charge < -0.3 is 5.11 Å². The molecular formula is C15H21FN2O2. The highest BCUT2D eigenvalue weighted by atomic mass is 19.1. The first-order valence-corrected chi connectivity index (χ1v) is 6.84. The fraction of sp³-hybridized carbons (Fsp3) is 0.533. The zero-order valence-corrected chi connectivity index (χ0v) is 12.1. The Morgan fingerprint density at radius 2 is 1.90 bits per heavy atom. The van der Waals surface area contributed by atoms with Crippen molar-refractivity contribution < 1.29 is 14.3 Å². The van der Waals surface area contributed by atoms with E-state index in [0.29, 0.717) is 24.2 Å². The lowest BCUT2D eigenvalue weighted by atomic mass is 10.1. The van der Waals surface area contributed by atoms with Crippen molar-refractivity contribution in [1.82, 2.24) is 9.80 Å². The maximum Gasteiger partial charge on any atom is 0.335 e. The number of halogens is 1. The van der Waals surface area contributed by atoms with E-state index in [0.717, 1.165) is 19.2 Å². The highest BCUT2D eigenvalue weighted by Crippen LogP contribution is 2.17. The van der Waals surface area contributed by atoms with E-state index in [1.54, 1.807) is 6.07 Å². The molecule has 0 bridgehead atoms. The zero-order valence-electron chi connectivity index (χ0n) is 12.1. The van der Waals surface area contributed by atoms with Crippen LogP contribution in [0.25, 0.3) is 0 Å². The molecule has 1 heterocycles. The average Bonchev–Trinajstić information content (AvgIpc) is 2.35. The molecule has 1 fully saturated rings. The fourth-order valence-electron chi connectivity index (χ4n) is 2.77. The van der Waals surface area contributed by atoms with Gasteiger partial charge in [-0.05, 0) is 44.7 Å². The molecule has 5 heteroatoms. The van der Waals surface area contributed by atoms with Crippen molar-refractivity contribution in [3.05, 3.63) is 35.1 Å². The Bertz CT molecular complexity index is 495. The molecule has 2 atom stereocenters. The largest absolute Gasteiger partial charge is 0.478 e. The number of hydrogen-bond acceptors (Lipinski definition) is 3. The zero-order chi connectivity index (χ0) is 14.9. The van der Waals surface area contributed by atoms with Gasteiger partial charge >= 0.3 is 5.97 Å². The second-order valence-corrected chi connectivity index (χ2v) is 5.71. The SMILES string of the molecule is CC1CN(Cc2cc(F)cc(C(=O)O)c2)CC(C)N1C. The molecule has 0 radical (unpaired) electrons. The first kappa shape index (κ1) is 14.9. The van der Waals surface area contributed by atoms with Crippen LogP contribution in [0, 0.1) is 5.82 Å². The second kappa shape index (κ2) is 5.89. The topological polar surface area (TPSA) is 43.8 Å². The highest BCUT2D eigenvalue weighted by Gasteiger charge is 2.26. The van der Waals surface area contributed by atoms with Gasteiger partial charge in [0.2, 0.25) is 0 Å². The van der Waals surface area contributed by atoms with E-state index in [1.165, 1.54) is 6.07 Å². The van der Waals surface area contributed by atoms with Crippen LogP contribution in [0.2, 0.25) is 0 Å². The van der Waals surface area contributed by atoms with Gasteiger partial charge in [-0.15, -0.1) is 0 Å². The molecule has 2 unspecified atom stereocenters. The van der Waals surface area contributed by atoms with Gasteiger partial charge in [0, 0.05) is 31.7 Å². The summed E-state index contributed by atoms with van der Waals surface area (Å²) in [7, 11) is 2.11. The van der Waals surface area contributed by atoms with Gasteiger partial charge in [0.15, 0.2) is 0 Å². The van der Waals surface area contributed by atoms with Crippen LogP contribution in [-0.2, 0) is 6.54 Å². The Morgan fingerprint density at radius 3 is 2.45 bits per heavy atom. The number of aromatic carboxylic acids is 1. The number of carbonyl (C=O) groups is 1. The molecule has 4 nitrogen and oxygen atoms in total. The lowest BCUT2D eigenvalue weighted by Crippen LogP contribution is -2.54. The lowest BCUT2D eigenvalue weighted by molar-refractivity contribution is 0.0554. The third-order valence-electron chi connectivity index (χ3n) is 4.05. The number of rotatable bonds is 3. The summed E-state index contributed by atoms with van der Waals surface area (Å²) in [5, 5.41) is 8.97. The van der Waals surface area contributed by atoms with Gasteiger partial charge in [0.25, 0.3) is 0 Å². The smallest absolute Gasteiger partial charge is 0.335 e. The van der Waals surface area contributed by atoms with E-state index in [-0.39, 0.29) is 5.56 Å². The van der Waals surface area contributed by atoms with E-state index in [9.17, 15) is 9.18 Å². The number of hydrogen-bond donors (Lipinski definition) is 1. The van der Waals surface area contributed by atoms with Gasteiger partial charge in [-0.1, -0.05) is 0 Å². The van der Waals surface area contributed by atoms with Crippen LogP contribution in [0.15, 0.2) is 18.2 Å². The standard InChI is InChI=1S/C15H21FN2O2/c1-10-7-18(8-11(2)17(10)3)9-12-4-13(15(19)20)6-14(16)5-12/h4-6,10-11H,7-9H2,1-3H3,(H,19,20). The first-order chi connectivity index (χ1) is 9.36. The van der Waals surface area contributed by atoms with Gasteiger partial charge in [-0.3, -0.25) is 9.80 Å². The quantitative estimate of drug-likeness (QED) is 0.920. The van der Waals surface area contributed by atoms with Crippen LogP contribution in [0.4, 0.5) is 4.39 Å². The molecule has 0 amide bonds. The van der Waals surface area contributed by atoms with E-state index in [4.69, 9.17) is 5.11 Å². The van der Waals surface area contributed by atoms with Crippen molar-refractivity contribution in [2.24, 2.45) is 0 Å². The van der Waals surface area contributed by atoms with Crippen molar-refractivity contribution >= 4 is 5.97 Å². The minimum atomic E-state index is -1.09. The number of piperazine rings is 1. The Balaban J connectivity index is 2.12. The summed E-state index contributed by atoms with van der Waals surface area (Å²) in [5.41, 5.74) is 0.724. The van der Waals surface area contributed by atoms with E-state index in [1.807, 2.05) is 0 Å². The van der Waals surface area contributed by atoms with Gasteiger partial charge in [0.05, 0.1) is 5.56 Å². The molecule has 1 aliphatic heterocycles. The van der Waals surface area contributed by atoms with Crippen molar-refractivity contribution in [3.8, 4) is 0 Å². The predicted octanol–water partition coefficient (Wildman–Crippen LogP) is 2.05. The molecule has 0 aromatic heterocycles. The maximum atomic E-state index is 13.5. The Hall–Kier alpha value is -1.46. The third-order valence-corrected chi connectivity index (χ3v) is 4.05. The molecule has 1 saturated heterocycles. The van der Waals surface area contributed by atoms with Crippen LogP contribution >= 0.6 is 0 Å². The van der Waals surface area contributed by atoms with E-state index < -0.39 is 11.8 Å². The number of likely N-dealkylation sites (N-methyl/N-ethyl adjacent to an activating group) is 1. The summed E-state index contributed by atoms with van der Waals surface area (Å²) in [4.78, 5) is 15.5. The predicted molar refractivity (Wildman–Crippen MR) is 75.3 cm³/mol. The van der Waals surface area contributed by atoms with Crippen LogP contribution in [-0.4, -0.2) is 53.1 Å². The molecule has 1 aliphatic rings. The maximum absolute atomic E-state index is 13.5. The summed E-state index contributed by atoms with van der Waals surface area (Å²) in [6.45, 7) is 6.72. The van der Waals surface area contributed by atoms with E-state index >= 15 is 0 Å². The first-order valence-electron chi connectivity index (χ1n) is 6.84. The normalized spacial score (nSPS) is 24.8. The molecule has 1 aromatic rings. The van der Waals surface area contributed by atoms with Crippen LogP contribution in [0.1, 0.15) is 29.8 Å². The van der Waals surface area contributed by atoms with Crippen molar-refractivity contribution in [1.29, 1.82) is 0 Å². The van der Waals surface area contributed by atoms with Crippen molar-refractivity contribution in [2.75, 3.05) is 20.1 Å². The number of nitrogens with zero attached hydrogens (tertiary/aromatic N) is 2. The summed E-state index contributed by atoms with van der Waals surface area (Å²) in [6, 6.07) is 4.90. The Labute approximate surface area is 118 Å². The highest BCUT2D eigenvalue weighted by molar-refractivity contribution is 5.87. The molecule has 0 spiro atoms. The number of carboxylic acids is 1. The number of carboxylic acid groups (broad SMARTS) is 1. The van der Waals surface area contributed by atoms with Crippen molar-refractivity contribution in [3.63, 3.8) is 0 Å². The minimum absolute atomic E-state index is 0.00947. The summed E-state index contributed by atoms with van der Waals surface area (Å²) >= 11 is 0. The molecular weight excluding hydrogens is 259 g/mol. The summed E-state index contributed by atoms with van der Waals surface area (Å²) in [5.74, 6) is -1.58. The fourth-order valence-corrected chi connectivity index (χ4v) is 2.77. The Morgan fingerprint density at radius 1 is 1.30 bits per heavy atom. The van der Waals surface area contributed by atoms with Crippen LogP contribution < -0.4 is 0 Å². The van der Waals surface area contributed by atoms with Crippen LogP contribution in [0.5, 0.6) is 0 Å². The third kappa shape index (κ3) is 3.35. The Kier molecular flexibility index (Phi) is 4.40. The molecule has 2 rings (SSSR count). The second-order valence-electron chi connectivity index (χ2n) is 5.71. The lowest BCUT2D eigenvalue weighted by Gasteiger charge is -2.42. The summed E-state index contributed by atoms with van der Waals surface area (Å²) in [6.07, 6.45) is 0. The van der Waals surface area contributed by atoms with Crippen LogP contribution in [0.3, 0.4) is 0 Å². The molecule has 0 aliphatic carbocycles. The molecule has 20 heavy (non-hydrogen) atoms.